The molecule has 0 unspecified atom stereocenters. The Kier molecular flexibility index (Phi) is 5.21. The Morgan fingerprint density at radius 1 is 1.47 bits per heavy atom. The van der Waals surface area contributed by atoms with Crippen molar-refractivity contribution in [1.82, 2.24) is 0 Å². The van der Waals surface area contributed by atoms with Crippen LogP contribution in [0.4, 0.5) is 0 Å². The zero-order chi connectivity index (χ0) is 13.9. The van der Waals surface area contributed by atoms with E-state index < -0.39 is 5.60 Å². The van der Waals surface area contributed by atoms with Gasteiger partial charge in [-0.2, -0.15) is 0 Å². The van der Waals surface area contributed by atoms with Crippen LogP contribution >= 0.6 is 27.3 Å². The van der Waals surface area contributed by atoms with E-state index in [2.05, 4.69) is 22.9 Å². The van der Waals surface area contributed by atoms with Gasteiger partial charge in [-0.25, -0.2) is 0 Å². The minimum atomic E-state index is -0.516. The molecule has 2 rings (SSSR count). The van der Waals surface area contributed by atoms with Gasteiger partial charge in [-0.3, -0.25) is 4.79 Å². The molecule has 2 nitrogen and oxygen atoms in total. The molecule has 1 saturated carbocycles. The smallest absolute Gasteiger partial charge is 0.169 e. The Morgan fingerprint density at radius 2 is 2.16 bits per heavy atom. The summed E-state index contributed by atoms with van der Waals surface area (Å²) in [6.45, 7) is 4.86. The van der Waals surface area contributed by atoms with Crippen LogP contribution in [0.1, 0.15) is 44.4 Å². The van der Waals surface area contributed by atoms with E-state index in [1.165, 1.54) is 0 Å². The number of halogens is 1. The number of rotatable bonds is 5. The molecule has 1 aromatic rings. The number of carbonyl (C=O) groups excluding carboxylic acids is 1. The molecule has 0 aromatic carbocycles. The molecule has 0 spiro atoms. The second kappa shape index (κ2) is 6.51. The fraction of sp³-hybridized carbons (Fsp3) is 0.667. The molecule has 0 saturated heterocycles. The number of hydrogen-bond donors (Lipinski definition) is 0. The molecule has 1 aliphatic rings. The highest BCUT2D eigenvalue weighted by molar-refractivity contribution is 9.11. The van der Waals surface area contributed by atoms with E-state index in [4.69, 9.17) is 4.74 Å². The topological polar surface area (TPSA) is 26.3 Å². The zero-order valence-corrected chi connectivity index (χ0v) is 14.0. The van der Waals surface area contributed by atoms with Crippen molar-refractivity contribution in [2.24, 2.45) is 5.92 Å². The summed E-state index contributed by atoms with van der Waals surface area (Å²) in [4.78, 5) is 13.8. The van der Waals surface area contributed by atoms with Gasteiger partial charge in [0.25, 0.3) is 0 Å². The van der Waals surface area contributed by atoms with Crippen molar-refractivity contribution in [1.29, 1.82) is 0 Å². The third-order valence-electron chi connectivity index (χ3n) is 3.97. The lowest BCUT2D eigenvalue weighted by atomic mass is 9.76. The lowest BCUT2D eigenvalue weighted by Gasteiger charge is -2.37. The van der Waals surface area contributed by atoms with Crippen LogP contribution in [0.15, 0.2) is 15.9 Å². The quantitative estimate of drug-likeness (QED) is 0.779. The van der Waals surface area contributed by atoms with Crippen LogP contribution in [0, 0.1) is 5.92 Å². The van der Waals surface area contributed by atoms with Crippen LogP contribution in [0.25, 0.3) is 0 Å². The van der Waals surface area contributed by atoms with Gasteiger partial charge in [0.2, 0.25) is 0 Å². The van der Waals surface area contributed by atoms with Gasteiger partial charge in [-0.1, -0.05) is 6.92 Å². The van der Waals surface area contributed by atoms with Crippen molar-refractivity contribution in [3.63, 3.8) is 0 Å². The molecule has 0 bridgehead atoms. The molecule has 0 amide bonds. The monoisotopic (exact) mass is 344 g/mol. The average molecular weight is 345 g/mol. The third-order valence-corrected chi connectivity index (χ3v) is 5.60. The molecule has 0 aliphatic heterocycles. The van der Waals surface area contributed by atoms with E-state index >= 15 is 0 Å². The Hall–Kier alpha value is -0.190. The van der Waals surface area contributed by atoms with Crippen LogP contribution in [0.5, 0.6) is 0 Å². The number of hydrogen-bond acceptors (Lipinski definition) is 3. The molecule has 0 radical (unpaired) electrons. The molecule has 0 N–H and O–H groups in total. The first kappa shape index (κ1) is 15.2. The Morgan fingerprint density at radius 3 is 2.68 bits per heavy atom. The first-order valence-electron chi connectivity index (χ1n) is 6.97. The highest BCUT2D eigenvalue weighted by atomic mass is 79.9. The van der Waals surface area contributed by atoms with Crippen molar-refractivity contribution in [2.45, 2.75) is 51.6 Å². The maximum absolute atomic E-state index is 12.7. The minimum Gasteiger partial charge on any atom is -0.367 e. The van der Waals surface area contributed by atoms with Gasteiger partial charge in [0.15, 0.2) is 5.78 Å². The maximum atomic E-state index is 12.7. The molecule has 106 valence electrons. The average Bonchev–Trinajstić information content (AvgIpc) is 2.78. The third kappa shape index (κ3) is 3.67. The molecule has 1 fully saturated rings. The molecule has 1 heterocycles. The largest absolute Gasteiger partial charge is 0.367 e. The summed E-state index contributed by atoms with van der Waals surface area (Å²) in [6, 6.07) is 4.03. The van der Waals surface area contributed by atoms with Crippen LogP contribution in [0.2, 0.25) is 0 Å². The van der Waals surface area contributed by atoms with Gasteiger partial charge in [0, 0.05) is 17.9 Å². The first-order valence-corrected chi connectivity index (χ1v) is 8.58. The predicted molar refractivity (Wildman–Crippen MR) is 82.7 cm³/mol. The Labute approximate surface area is 127 Å². The molecule has 4 heteroatoms. The van der Waals surface area contributed by atoms with Crippen molar-refractivity contribution in [3.8, 4) is 0 Å². The van der Waals surface area contributed by atoms with Gasteiger partial charge in [-0.15, -0.1) is 11.3 Å². The molecular formula is C15H21BrO2S. The van der Waals surface area contributed by atoms with Gasteiger partial charge < -0.3 is 4.74 Å². The Bertz CT molecular complexity index is 433. The van der Waals surface area contributed by atoms with Crippen molar-refractivity contribution >= 4 is 33.0 Å². The number of ether oxygens (including phenoxy) is 1. The van der Waals surface area contributed by atoms with E-state index in [0.29, 0.717) is 13.0 Å². The van der Waals surface area contributed by atoms with Gasteiger partial charge in [0.05, 0.1) is 3.79 Å². The normalized spacial score (nSPS) is 27.4. The van der Waals surface area contributed by atoms with Gasteiger partial charge in [-0.05, 0) is 66.6 Å². The van der Waals surface area contributed by atoms with E-state index in [0.717, 1.165) is 40.3 Å². The first-order chi connectivity index (χ1) is 9.05. The van der Waals surface area contributed by atoms with Gasteiger partial charge in [0.1, 0.15) is 5.60 Å². The predicted octanol–water partition coefficient (Wildman–Crippen LogP) is 4.61. The fourth-order valence-electron chi connectivity index (χ4n) is 2.77. The molecule has 19 heavy (non-hydrogen) atoms. The van der Waals surface area contributed by atoms with Crippen LogP contribution in [-0.2, 0) is 16.0 Å². The fourth-order valence-corrected chi connectivity index (χ4v) is 4.26. The van der Waals surface area contributed by atoms with E-state index in [1.807, 2.05) is 19.1 Å². The summed E-state index contributed by atoms with van der Waals surface area (Å²) in [7, 11) is 0. The van der Waals surface area contributed by atoms with E-state index in [-0.39, 0.29) is 5.78 Å². The summed E-state index contributed by atoms with van der Waals surface area (Å²) in [6.07, 6.45) is 4.46. The zero-order valence-electron chi connectivity index (χ0n) is 11.6. The lowest BCUT2D eigenvalue weighted by Crippen LogP contribution is -2.45. The van der Waals surface area contributed by atoms with E-state index in [1.54, 1.807) is 11.3 Å². The summed E-state index contributed by atoms with van der Waals surface area (Å²) < 4.78 is 6.98. The lowest BCUT2D eigenvalue weighted by molar-refractivity contribution is -0.149. The van der Waals surface area contributed by atoms with Crippen molar-refractivity contribution in [2.75, 3.05) is 6.61 Å². The van der Waals surface area contributed by atoms with Crippen molar-refractivity contribution in [3.05, 3.63) is 20.8 Å². The highest BCUT2D eigenvalue weighted by Gasteiger charge is 2.41. The second-order valence-corrected chi connectivity index (χ2v) is 7.96. The standard InChI is InChI=1S/C15H21BrO2S/c1-3-18-15(8-6-11(2)7-9-15)13(17)10-12-4-5-14(16)19-12/h4-5,11H,3,6-10H2,1-2H3. The number of carbonyl (C=O) groups is 1. The van der Waals surface area contributed by atoms with Crippen LogP contribution in [-0.4, -0.2) is 18.0 Å². The SMILES string of the molecule is CCOC1(C(=O)Cc2ccc(Br)s2)CCC(C)CC1. The number of Topliss-reactive ketones (excluding diaryl/α,β-unsaturated/α-hetero) is 1. The number of thiophene rings is 1. The summed E-state index contributed by atoms with van der Waals surface area (Å²) in [5.41, 5.74) is -0.516. The van der Waals surface area contributed by atoms with Crippen LogP contribution in [0.3, 0.4) is 0 Å². The highest BCUT2D eigenvalue weighted by Crippen LogP contribution is 2.37. The van der Waals surface area contributed by atoms with Crippen LogP contribution < -0.4 is 0 Å². The van der Waals surface area contributed by atoms with E-state index in [9.17, 15) is 4.79 Å². The van der Waals surface area contributed by atoms with Crippen molar-refractivity contribution < 1.29 is 9.53 Å². The van der Waals surface area contributed by atoms with Gasteiger partial charge >= 0.3 is 0 Å². The molecule has 1 aromatic heterocycles. The summed E-state index contributed by atoms with van der Waals surface area (Å²) in [5, 5.41) is 0. The minimum absolute atomic E-state index is 0.260. The number of ketones is 1. The molecule has 0 atom stereocenters. The summed E-state index contributed by atoms with van der Waals surface area (Å²) in [5.74, 6) is 0.980. The second-order valence-electron chi connectivity index (χ2n) is 5.42. The maximum Gasteiger partial charge on any atom is 0.169 e. The summed E-state index contributed by atoms with van der Waals surface area (Å²) >= 11 is 5.08. The molecule has 1 aliphatic carbocycles. The Balaban J connectivity index is 2.08. The molecular weight excluding hydrogens is 324 g/mol.